The number of primary amides is 1. The fraction of sp³-hybridized carbons (Fsp3) is 0.510. The lowest BCUT2D eigenvalue weighted by Crippen LogP contribution is -2.68. The van der Waals surface area contributed by atoms with Crippen LogP contribution in [-0.4, -0.2) is 137 Å². The van der Waals surface area contributed by atoms with Crippen LogP contribution in [0, 0.1) is 17.6 Å². The first-order chi connectivity index (χ1) is 33.6. The summed E-state index contributed by atoms with van der Waals surface area (Å²) in [6.07, 6.45) is 5.24. The number of anilines is 1. The number of amides is 3. The smallest absolute Gasteiger partial charge is 0.239 e. The summed E-state index contributed by atoms with van der Waals surface area (Å²) in [4.78, 5) is 67.0. The van der Waals surface area contributed by atoms with E-state index in [1.54, 1.807) is 24.3 Å². The van der Waals surface area contributed by atoms with Gasteiger partial charge in [-0.05, 0) is 75.4 Å². The Morgan fingerprint density at radius 1 is 0.841 bits per heavy atom. The van der Waals surface area contributed by atoms with E-state index < -0.39 is 53.0 Å². The Labute approximate surface area is 406 Å². The van der Waals surface area contributed by atoms with Gasteiger partial charge in [0.1, 0.15) is 18.1 Å². The minimum Gasteiger partial charge on any atom is -0.487 e. The second-order valence-electron chi connectivity index (χ2n) is 17.7. The highest BCUT2D eigenvalue weighted by atomic mass is 32.1. The summed E-state index contributed by atoms with van der Waals surface area (Å²) >= 11 is 1.41. The van der Waals surface area contributed by atoms with Gasteiger partial charge in [-0.25, -0.2) is 9.37 Å². The van der Waals surface area contributed by atoms with Crippen molar-refractivity contribution < 1.29 is 46.9 Å². The van der Waals surface area contributed by atoms with Crippen LogP contribution in [0.15, 0.2) is 78.2 Å². The van der Waals surface area contributed by atoms with Crippen LogP contribution in [0.25, 0.3) is 11.3 Å². The van der Waals surface area contributed by atoms with Crippen molar-refractivity contribution >= 4 is 40.0 Å². The van der Waals surface area contributed by atoms with Gasteiger partial charge in [0.05, 0.1) is 63.5 Å². The summed E-state index contributed by atoms with van der Waals surface area (Å²) in [5, 5.41) is 11.7. The van der Waals surface area contributed by atoms with E-state index in [-0.39, 0.29) is 62.9 Å². The maximum Gasteiger partial charge on any atom is 0.239 e. The molecule has 18 heteroatoms. The van der Waals surface area contributed by atoms with Gasteiger partial charge in [-0.2, -0.15) is 4.39 Å². The average molecular weight is 974 g/mol. The first kappa shape index (κ1) is 51.5. The topological polar surface area (TPSA) is 187 Å². The average Bonchev–Trinajstić information content (AvgIpc) is 4.09. The highest BCUT2D eigenvalue weighted by Crippen LogP contribution is 2.45. The number of hydrogen-bond acceptors (Lipinski definition) is 13. The van der Waals surface area contributed by atoms with Crippen LogP contribution in [0.5, 0.6) is 5.75 Å². The van der Waals surface area contributed by atoms with Gasteiger partial charge in [0.15, 0.2) is 22.5 Å². The van der Waals surface area contributed by atoms with Crippen LogP contribution in [0.1, 0.15) is 63.0 Å². The number of ether oxygens (including phenoxy) is 4. The molecule has 1 aromatic heterocycles. The zero-order valence-electron chi connectivity index (χ0n) is 39.5. The number of carbonyl (C=O) groups excluding carboxylic acids is 4. The standard InChI is InChI=1S/C51H65F2N7O8S/c1-34(55-2)48(63)58-43(35-13-6-3-7-14-35)46(61)51(36-15-8-4-9-16-36,37-17-10-5-11-18-37)45(60-23-12-19-41(60)47(54)62)49(64)56-22-26-65-29-30-67-31-32-68-44-38(20-21-39(52)42(44)53)40-33-69-50(57-40)59-24-27-66-28-25-59/h4-5,8-11,15-18,20-21,33-35,41,43,45,55H,3,6-7,12-14,19,22-32H2,1-2H3,(H2,54,62)(H,56,64)(H,58,63)/t34-,41-,43-,45+/m0/s1. The molecule has 0 unspecified atom stereocenters. The molecule has 3 aliphatic rings. The molecule has 15 nitrogen and oxygen atoms in total. The van der Waals surface area contributed by atoms with Crippen molar-refractivity contribution in [3.8, 4) is 17.0 Å². The number of nitrogens with two attached hydrogens (primary N) is 1. The third-order valence-electron chi connectivity index (χ3n) is 13.5. The van der Waals surface area contributed by atoms with Gasteiger partial charge in [0.2, 0.25) is 23.5 Å². The van der Waals surface area contributed by atoms with Gasteiger partial charge in [-0.1, -0.05) is 79.9 Å². The molecule has 69 heavy (non-hydrogen) atoms. The number of thiazole rings is 1. The van der Waals surface area contributed by atoms with Crippen LogP contribution < -0.4 is 31.3 Å². The maximum atomic E-state index is 16.2. The molecular formula is C51H65F2N7O8S. The summed E-state index contributed by atoms with van der Waals surface area (Å²) in [7, 11) is 1.69. The van der Waals surface area contributed by atoms with Crippen LogP contribution in [0.3, 0.4) is 0 Å². The fourth-order valence-corrected chi connectivity index (χ4v) is 10.7. The number of nitrogens with zero attached hydrogens (tertiary/aromatic N) is 3. The Morgan fingerprint density at radius 2 is 1.49 bits per heavy atom. The number of benzene rings is 3. The summed E-state index contributed by atoms with van der Waals surface area (Å²) in [5.41, 5.74) is 6.24. The number of carbonyl (C=O) groups is 4. The van der Waals surface area contributed by atoms with Crippen LogP contribution in [-0.2, 0) is 38.8 Å². The van der Waals surface area contributed by atoms with E-state index in [2.05, 4.69) is 25.8 Å². The van der Waals surface area contributed by atoms with Crippen molar-refractivity contribution in [2.75, 3.05) is 84.4 Å². The minimum atomic E-state index is -1.72. The second-order valence-corrected chi connectivity index (χ2v) is 18.6. The highest BCUT2D eigenvalue weighted by Gasteiger charge is 2.58. The molecular weight excluding hydrogens is 909 g/mol. The number of aromatic nitrogens is 1. The molecule has 1 aliphatic carbocycles. The van der Waals surface area contributed by atoms with Crippen molar-refractivity contribution in [1.29, 1.82) is 0 Å². The van der Waals surface area contributed by atoms with E-state index in [4.69, 9.17) is 24.7 Å². The molecule has 0 radical (unpaired) electrons. The second kappa shape index (κ2) is 25.0. The lowest BCUT2D eigenvalue weighted by Gasteiger charge is -2.47. The number of halogens is 2. The Hall–Kier alpha value is -5.37. The van der Waals surface area contributed by atoms with E-state index >= 15 is 14.0 Å². The number of likely N-dealkylation sites (tertiary alicyclic amines) is 1. The normalized spacial score (nSPS) is 18.3. The number of rotatable bonds is 24. The molecule has 4 atom stereocenters. The van der Waals surface area contributed by atoms with Gasteiger partial charge < -0.3 is 45.5 Å². The fourth-order valence-electron chi connectivity index (χ4n) is 9.85. The molecule has 2 saturated heterocycles. The van der Waals surface area contributed by atoms with E-state index in [0.29, 0.717) is 68.1 Å². The molecule has 0 spiro atoms. The van der Waals surface area contributed by atoms with E-state index in [0.717, 1.165) is 43.3 Å². The molecule has 3 fully saturated rings. The number of hydrogen-bond donors (Lipinski definition) is 4. The lowest BCUT2D eigenvalue weighted by atomic mass is 9.61. The van der Waals surface area contributed by atoms with Crippen molar-refractivity contribution in [2.45, 2.75) is 81.5 Å². The summed E-state index contributed by atoms with van der Waals surface area (Å²) < 4.78 is 52.2. The van der Waals surface area contributed by atoms with E-state index in [1.807, 2.05) is 60.7 Å². The van der Waals surface area contributed by atoms with Crippen LogP contribution in [0.4, 0.5) is 13.9 Å². The van der Waals surface area contributed by atoms with E-state index in [9.17, 15) is 14.0 Å². The van der Waals surface area contributed by atoms with Gasteiger partial charge in [0.25, 0.3) is 0 Å². The molecule has 0 bridgehead atoms. The quantitative estimate of drug-likeness (QED) is 0.0691. The predicted octanol–water partition coefficient (Wildman–Crippen LogP) is 5.00. The van der Waals surface area contributed by atoms with Gasteiger partial charge in [-0.3, -0.25) is 24.1 Å². The Kier molecular flexibility index (Phi) is 18.6. The molecule has 3 heterocycles. The molecule has 5 N–H and O–H groups in total. The molecule has 2 aliphatic heterocycles. The number of nitrogens with one attached hydrogen (secondary N) is 3. The molecule has 4 aromatic rings. The lowest BCUT2D eigenvalue weighted by molar-refractivity contribution is -0.141. The maximum absolute atomic E-state index is 16.2. The minimum absolute atomic E-state index is 0.0509. The van der Waals surface area contributed by atoms with Gasteiger partial charge in [-0.15, -0.1) is 11.3 Å². The van der Waals surface area contributed by atoms with E-state index in [1.165, 1.54) is 17.4 Å². The van der Waals surface area contributed by atoms with Crippen LogP contribution in [0.2, 0.25) is 0 Å². The summed E-state index contributed by atoms with van der Waals surface area (Å²) in [5.74, 6) is -4.36. The third-order valence-corrected chi connectivity index (χ3v) is 14.4. The van der Waals surface area contributed by atoms with Crippen molar-refractivity contribution in [3.05, 3.63) is 101 Å². The van der Waals surface area contributed by atoms with Crippen molar-refractivity contribution in [3.63, 3.8) is 0 Å². The van der Waals surface area contributed by atoms with Gasteiger partial charge in [0, 0.05) is 30.6 Å². The molecule has 1 saturated carbocycles. The molecule has 372 valence electrons. The SMILES string of the molecule is CN[C@@H](C)C(=O)N[C@H](C(=O)C(c1ccccc1)(c1ccccc1)[C@@H](C(=O)NCCOCCOCCOc1c(-c2csc(N3CCOCC3)n2)ccc(F)c1F)N1CCC[C@H]1C(N)=O)C1CCCCC1. The first-order valence-electron chi connectivity index (χ1n) is 24.1. The predicted molar refractivity (Wildman–Crippen MR) is 259 cm³/mol. The Morgan fingerprint density at radius 3 is 2.14 bits per heavy atom. The Bertz CT molecular complexity index is 2280. The van der Waals surface area contributed by atoms with Crippen molar-refractivity contribution in [1.82, 2.24) is 25.8 Å². The largest absolute Gasteiger partial charge is 0.487 e. The number of ketones is 1. The Balaban J connectivity index is 1.05. The monoisotopic (exact) mass is 973 g/mol. The highest BCUT2D eigenvalue weighted by molar-refractivity contribution is 7.14. The number of morpholine rings is 1. The van der Waals surface area contributed by atoms with Gasteiger partial charge >= 0.3 is 0 Å². The van der Waals surface area contributed by atoms with Crippen LogP contribution >= 0.6 is 11.3 Å². The number of Topliss-reactive ketones (excluding diaryl/α,β-unsaturated/α-hetero) is 1. The molecule has 3 amide bonds. The number of likely N-dealkylation sites (N-methyl/N-ethyl adjacent to an activating group) is 1. The molecule has 3 aromatic carbocycles. The van der Waals surface area contributed by atoms with Crippen molar-refractivity contribution in [2.24, 2.45) is 11.7 Å². The zero-order valence-corrected chi connectivity index (χ0v) is 40.3. The zero-order chi connectivity index (χ0) is 48.8. The molecule has 7 rings (SSSR count). The first-order valence-corrected chi connectivity index (χ1v) is 24.9. The summed E-state index contributed by atoms with van der Waals surface area (Å²) in [6, 6.07) is 17.2. The third kappa shape index (κ3) is 12.2. The summed E-state index contributed by atoms with van der Waals surface area (Å²) in [6.45, 7) is 5.00.